The molecule has 5 rings (SSSR count). The first-order chi connectivity index (χ1) is 18.0. The van der Waals surface area contributed by atoms with Crippen molar-refractivity contribution in [3.05, 3.63) is 107 Å². The molecule has 0 nitrogen and oxygen atoms in total. The zero-order chi connectivity index (χ0) is 27.4. The van der Waals surface area contributed by atoms with E-state index in [1.807, 2.05) is 36.4 Å². The Kier molecular flexibility index (Phi) is 6.49. The predicted molar refractivity (Wildman–Crippen MR) is 150 cm³/mol. The van der Waals surface area contributed by atoms with E-state index in [0.29, 0.717) is 12.8 Å². The lowest BCUT2D eigenvalue weighted by molar-refractivity contribution is 0.341. The van der Waals surface area contributed by atoms with Gasteiger partial charge in [-0.1, -0.05) is 101 Å². The van der Waals surface area contributed by atoms with Crippen LogP contribution in [0.15, 0.2) is 66.7 Å². The van der Waals surface area contributed by atoms with Crippen LogP contribution in [0.25, 0.3) is 32.3 Å². The van der Waals surface area contributed by atoms with Crippen LogP contribution in [-0.4, -0.2) is 0 Å². The van der Waals surface area contributed by atoms with Gasteiger partial charge in [-0.25, -0.2) is 17.6 Å². The van der Waals surface area contributed by atoms with Crippen LogP contribution in [-0.2, 0) is 17.3 Å². The van der Waals surface area contributed by atoms with Gasteiger partial charge in [-0.2, -0.15) is 0 Å². The largest absolute Gasteiger partial charge is 0.203 e. The maximum atomic E-state index is 15.6. The summed E-state index contributed by atoms with van der Waals surface area (Å²) in [6.07, 6.45) is 0.862. The minimum Gasteiger partial charge on any atom is -0.203 e. The van der Waals surface area contributed by atoms with E-state index < -0.39 is 45.2 Å². The molecule has 5 aromatic carbocycles. The summed E-state index contributed by atoms with van der Waals surface area (Å²) >= 11 is 0. The van der Waals surface area contributed by atoms with E-state index >= 15 is 17.6 Å². The van der Waals surface area contributed by atoms with Crippen molar-refractivity contribution in [1.82, 2.24) is 0 Å². The molecule has 5 aromatic rings. The topological polar surface area (TPSA) is 0 Å². The van der Waals surface area contributed by atoms with E-state index in [1.54, 1.807) is 34.6 Å². The third kappa shape index (κ3) is 3.97. The zero-order valence-corrected chi connectivity index (χ0v) is 22.5. The second kappa shape index (κ2) is 9.41. The molecule has 0 aromatic heterocycles. The van der Waals surface area contributed by atoms with Gasteiger partial charge in [-0.3, -0.25) is 0 Å². The number of hydrogen-bond donors (Lipinski definition) is 0. The van der Waals surface area contributed by atoms with Crippen molar-refractivity contribution < 1.29 is 17.6 Å². The van der Waals surface area contributed by atoms with E-state index in [0.717, 1.165) is 37.9 Å². The van der Waals surface area contributed by atoms with Gasteiger partial charge in [-0.05, 0) is 62.6 Å². The molecule has 0 aliphatic heterocycles. The van der Waals surface area contributed by atoms with Crippen LogP contribution >= 0.6 is 0 Å². The van der Waals surface area contributed by atoms with Crippen LogP contribution in [0.2, 0.25) is 0 Å². The summed E-state index contributed by atoms with van der Waals surface area (Å²) in [5.74, 6) is -5.16. The molecule has 0 amide bonds. The van der Waals surface area contributed by atoms with Crippen LogP contribution < -0.4 is 0 Å². The van der Waals surface area contributed by atoms with Crippen LogP contribution in [0.5, 0.6) is 0 Å². The monoisotopic (exact) mass is 516 g/mol. The lowest BCUT2D eigenvalue weighted by Gasteiger charge is -2.33. The molecule has 0 saturated heterocycles. The highest BCUT2D eigenvalue weighted by Gasteiger charge is 2.39. The van der Waals surface area contributed by atoms with Gasteiger partial charge < -0.3 is 0 Å². The fraction of sp³-hybridized carbons (Fsp3) is 0.294. The van der Waals surface area contributed by atoms with Crippen molar-refractivity contribution in [1.29, 1.82) is 0 Å². The van der Waals surface area contributed by atoms with E-state index in [4.69, 9.17) is 0 Å². The van der Waals surface area contributed by atoms with Gasteiger partial charge in [0.1, 0.15) is 0 Å². The van der Waals surface area contributed by atoms with E-state index in [2.05, 4.69) is 30.3 Å². The normalized spacial score (nSPS) is 13.9. The van der Waals surface area contributed by atoms with Crippen LogP contribution in [0, 0.1) is 23.3 Å². The molecule has 0 bridgehead atoms. The van der Waals surface area contributed by atoms with E-state index in [9.17, 15) is 0 Å². The molecule has 0 radical (unpaired) electrons. The minimum atomic E-state index is -1.29. The first-order valence-electron chi connectivity index (χ1n) is 13.2. The van der Waals surface area contributed by atoms with Gasteiger partial charge in [0, 0.05) is 16.5 Å². The summed E-state index contributed by atoms with van der Waals surface area (Å²) in [4.78, 5) is 0. The lowest BCUT2D eigenvalue weighted by Crippen LogP contribution is -2.31. The van der Waals surface area contributed by atoms with Gasteiger partial charge in [0.2, 0.25) is 0 Å². The van der Waals surface area contributed by atoms with Gasteiger partial charge in [0.25, 0.3) is 0 Å². The third-order valence-electron chi connectivity index (χ3n) is 8.61. The SMILES string of the molecule is CCC(C)(C)c1c(F)c(F)c(C(C)(CC)Cc2ccc3c4ccccc4c4ccccc4c3c2)c(F)c1F. The molecular weight excluding hydrogens is 484 g/mol. The zero-order valence-electron chi connectivity index (χ0n) is 22.5. The Balaban J connectivity index is 1.69. The Hall–Kier alpha value is -3.40. The molecule has 0 aliphatic rings. The van der Waals surface area contributed by atoms with Crippen LogP contribution in [0.1, 0.15) is 64.2 Å². The fourth-order valence-corrected chi connectivity index (χ4v) is 5.84. The average molecular weight is 517 g/mol. The van der Waals surface area contributed by atoms with Gasteiger partial charge in [-0.15, -0.1) is 0 Å². The Bertz CT molecular complexity index is 1630. The highest BCUT2D eigenvalue weighted by molar-refractivity contribution is 6.25. The molecule has 196 valence electrons. The number of rotatable bonds is 6. The van der Waals surface area contributed by atoms with Crippen molar-refractivity contribution in [3.8, 4) is 0 Å². The highest BCUT2D eigenvalue weighted by Crippen LogP contribution is 2.42. The molecule has 0 fully saturated rings. The maximum Gasteiger partial charge on any atom is 0.166 e. The molecule has 0 N–H and O–H groups in total. The summed E-state index contributed by atoms with van der Waals surface area (Å²) in [6, 6.07) is 22.5. The van der Waals surface area contributed by atoms with Gasteiger partial charge in [0.05, 0.1) is 0 Å². The number of hydrogen-bond acceptors (Lipinski definition) is 0. The second-order valence-corrected chi connectivity index (χ2v) is 11.3. The van der Waals surface area contributed by atoms with Crippen molar-refractivity contribution in [2.24, 2.45) is 0 Å². The quantitative estimate of drug-likeness (QED) is 0.120. The first-order valence-corrected chi connectivity index (χ1v) is 13.2. The Morgan fingerprint density at radius 2 is 0.947 bits per heavy atom. The van der Waals surface area contributed by atoms with Crippen molar-refractivity contribution in [3.63, 3.8) is 0 Å². The van der Waals surface area contributed by atoms with Crippen molar-refractivity contribution in [2.45, 2.75) is 64.7 Å². The molecule has 0 saturated carbocycles. The molecule has 0 aliphatic carbocycles. The van der Waals surface area contributed by atoms with Crippen LogP contribution in [0.4, 0.5) is 17.6 Å². The second-order valence-electron chi connectivity index (χ2n) is 11.3. The summed E-state index contributed by atoms with van der Waals surface area (Å²) in [5, 5.41) is 6.62. The van der Waals surface area contributed by atoms with Crippen LogP contribution in [0.3, 0.4) is 0 Å². The van der Waals surface area contributed by atoms with E-state index in [-0.39, 0.29) is 6.42 Å². The Morgan fingerprint density at radius 3 is 1.39 bits per heavy atom. The lowest BCUT2D eigenvalue weighted by atomic mass is 9.72. The number of fused-ring (bicyclic) bond motifs is 6. The summed E-state index contributed by atoms with van der Waals surface area (Å²) in [5.41, 5.74) is -2.40. The van der Waals surface area contributed by atoms with Gasteiger partial charge >= 0.3 is 0 Å². The highest BCUT2D eigenvalue weighted by atomic mass is 19.2. The first kappa shape index (κ1) is 26.2. The van der Waals surface area contributed by atoms with E-state index in [1.165, 1.54) is 0 Å². The predicted octanol–water partition coefficient (Wildman–Crippen LogP) is 10.3. The molecule has 4 heteroatoms. The molecular formula is C34H32F4. The molecule has 0 heterocycles. The smallest absolute Gasteiger partial charge is 0.166 e. The van der Waals surface area contributed by atoms with Gasteiger partial charge in [0.15, 0.2) is 23.3 Å². The number of halogens is 4. The molecule has 38 heavy (non-hydrogen) atoms. The maximum absolute atomic E-state index is 15.6. The Morgan fingerprint density at radius 1 is 0.526 bits per heavy atom. The fourth-order valence-electron chi connectivity index (χ4n) is 5.84. The minimum absolute atomic E-state index is 0.226. The summed E-state index contributed by atoms with van der Waals surface area (Å²) < 4.78 is 61.9. The molecule has 1 unspecified atom stereocenters. The Labute approximate surface area is 221 Å². The average Bonchev–Trinajstić information content (AvgIpc) is 2.92. The number of benzene rings is 5. The molecule has 0 spiro atoms. The standard InChI is InChI=1S/C34H32F4/c1-6-33(3,4)27-29(35)31(37)28(32(38)30(27)36)34(5,7-2)19-20-16-17-25-23-14-9-8-12-21(23)22-13-10-11-15-24(22)26(25)18-20/h8-18H,6-7,19H2,1-5H3. The van der Waals surface area contributed by atoms with Crippen molar-refractivity contribution in [2.75, 3.05) is 0 Å². The summed E-state index contributed by atoms with van der Waals surface area (Å²) in [7, 11) is 0. The molecule has 1 atom stereocenters. The third-order valence-corrected chi connectivity index (χ3v) is 8.61. The van der Waals surface area contributed by atoms with Crippen molar-refractivity contribution >= 4 is 32.3 Å². The summed E-state index contributed by atoms with van der Waals surface area (Å²) in [6.45, 7) is 8.40.